The lowest BCUT2D eigenvalue weighted by Crippen LogP contribution is -2.30. The number of methoxy groups -OCH3 is 3. The molecular formula is C19H23ClN2O4. The maximum Gasteiger partial charge on any atom is 0.319 e. The van der Waals surface area contributed by atoms with E-state index in [0.717, 1.165) is 11.1 Å². The normalized spacial score (nSPS) is 10.2. The molecule has 7 heteroatoms. The van der Waals surface area contributed by atoms with Crippen molar-refractivity contribution >= 4 is 23.3 Å². The van der Waals surface area contributed by atoms with Crippen molar-refractivity contribution in [1.29, 1.82) is 0 Å². The Morgan fingerprint density at radius 3 is 2.23 bits per heavy atom. The van der Waals surface area contributed by atoms with Crippen LogP contribution in [0.25, 0.3) is 0 Å². The number of benzene rings is 2. The first-order valence-electron chi connectivity index (χ1n) is 8.08. The minimum Gasteiger partial charge on any atom is -0.493 e. The number of halogens is 1. The Morgan fingerprint density at radius 1 is 1.04 bits per heavy atom. The van der Waals surface area contributed by atoms with E-state index in [9.17, 15) is 4.79 Å². The molecule has 0 aromatic heterocycles. The van der Waals surface area contributed by atoms with Gasteiger partial charge in [0.1, 0.15) is 0 Å². The average molecular weight is 379 g/mol. The molecule has 0 atom stereocenters. The Hall–Kier alpha value is -2.60. The highest BCUT2D eigenvalue weighted by atomic mass is 35.5. The van der Waals surface area contributed by atoms with Gasteiger partial charge in [0.2, 0.25) is 5.75 Å². The second kappa shape index (κ2) is 9.20. The molecule has 0 aliphatic heterocycles. The molecule has 0 radical (unpaired) electrons. The highest BCUT2D eigenvalue weighted by Crippen LogP contribution is 2.38. The van der Waals surface area contributed by atoms with E-state index in [4.69, 9.17) is 25.8 Å². The number of aryl methyl sites for hydroxylation is 1. The standard InChI is InChI=1S/C19H23ClN2O4/c1-12-5-6-14(11-15(12)20)22-19(23)21-8-7-13-9-16(24-2)18(26-4)17(10-13)25-3/h5-6,9-11H,7-8H2,1-4H3,(H2,21,22,23). The number of carbonyl (C=O) groups is 1. The minimum atomic E-state index is -0.294. The van der Waals surface area contributed by atoms with Crippen LogP contribution >= 0.6 is 11.6 Å². The maximum absolute atomic E-state index is 12.0. The number of urea groups is 1. The number of carbonyl (C=O) groups excluding carboxylic acids is 1. The van der Waals surface area contributed by atoms with Gasteiger partial charge in [-0.3, -0.25) is 0 Å². The van der Waals surface area contributed by atoms with E-state index in [1.165, 1.54) is 0 Å². The van der Waals surface area contributed by atoms with Crippen LogP contribution in [0, 0.1) is 6.92 Å². The summed E-state index contributed by atoms with van der Waals surface area (Å²) in [6.45, 7) is 2.35. The average Bonchev–Trinajstić information content (AvgIpc) is 2.63. The van der Waals surface area contributed by atoms with Gasteiger partial charge in [0, 0.05) is 17.3 Å². The van der Waals surface area contributed by atoms with Crippen molar-refractivity contribution in [2.24, 2.45) is 0 Å². The SMILES string of the molecule is COc1cc(CCNC(=O)Nc2ccc(C)c(Cl)c2)cc(OC)c1OC. The molecular weight excluding hydrogens is 356 g/mol. The zero-order valence-electron chi connectivity index (χ0n) is 15.3. The minimum absolute atomic E-state index is 0.294. The Morgan fingerprint density at radius 2 is 1.69 bits per heavy atom. The first kappa shape index (κ1) is 19.7. The molecule has 0 heterocycles. The predicted octanol–water partition coefficient (Wildman–Crippen LogP) is 4.04. The van der Waals surface area contributed by atoms with Crippen molar-refractivity contribution in [3.05, 3.63) is 46.5 Å². The summed E-state index contributed by atoms with van der Waals surface area (Å²) in [6.07, 6.45) is 0.610. The molecule has 2 N–H and O–H groups in total. The molecule has 2 aromatic rings. The van der Waals surface area contributed by atoms with Gasteiger partial charge in [-0.05, 0) is 48.7 Å². The fraction of sp³-hybridized carbons (Fsp3) is 0.316. The molecule has 0 fully saturated rings. The molecule has 26 heavy (non-hydrogen) atoms. The van der Waals surface area contributed by atoms with Gasteiger partial charge in [0.15, 0.2) is 11.5 Å². The van der Waals surface area contributed by atoms with Gasteiger partial charge in [-0.25, -0.2) is 4.79 Å². The Bertz CT molecular complexity index is 755. The fourth-order valence-electron chi connectivity index (χ4n) is 2.45. The molecule has 2 amide bonds. The summed E-state index contributed by atoms with van der Waals surface area (Å²) in [5.41, 5.74) is 2.56. The van der Waals surface area contributed by atoms with E-state index in [1.54, 1.807) is 33.5 Å². The van der Waals surface area contributed by atoms with E-state index < -0.39 is 0 Å². The van der Waals surface area contributed by atoms with Crippen LogP contribution in [0.4, 0.5) is 10.5 Å². The van der Waals surface area contributed by atoms with Crippen LogP contribution in [-0.2, 0) is 6.42 Å². The summed E-state index contributed by atoms with van der Waals surface area (Å²) >= 11 is 6.06. The van der Waals surface area contributed by atoms with E-state index >= 15 is 0 Å². The van der Waals surface area contributed by atoms with E-state index in [-0.39, 0.29) is 6.03 Å². The van der Waals surface area contributed by atoms with Crippen LogP contribution in [-0.4, -0.2) is 33.9 Å². The number of ether oxygens (including phenoxy) is 3. The smallest absolute Gasteiger partial charge is 0.319 e. The molecule has 0 aliphatic carbocycles. The van der Waals surface area contributed by atoms with Crippen molar-refractivity contribution in [2.75, 3.05) is 33.2 Å². The largest absolute Gasteiger partial charge is 0.493 e. The van der Waals surface area contributed by atoms with Crippen molar-refractivity contribution in [3.8, 4) is 17.2 Å². The van der Waals surface area contributed by atoms with Gasteiger partial charge >= 0.3 is 6.03 Å². The summed E-state index contributed by atoms with van der Waals surface area (Å²) in [5.74, 6) is 1.71. The van der Waals surface area contributed by atoms with Gasteiger partial charge in [-0.15, -0.1) is 0 Å². The third-order valence-electron chi connectivity index (χ3n) is 3.85. The van der Waals surface area contributed by atoms with Crippen LogP contribution in [0.3, 0.4) is 0 Å². The van der Waals surface area contributed by atoms with Gasteiger partial charge in [-0.2, -0.15) is 0 Å². The van der Waals surface area contributed by atoms with Crippen LogP contribution in [0.15, 0.2) is 30.3 Å². The second-order valence-corrected chi connectivity index (χ2v) is 6.04. The molecule has 140 valence electrons. The Balaban J connectivity index is 1.94. The van der Waals surface area contributed by atoms with Crippen LogP contribution < -0.4 is 24.8 Å². The molecule has 0 unspecified atom stereocenters. The van der Waals surface area contributed by atoms with Crippen molar-refractivity contribution in [2.45, 2.75) is 13.3 Å². The molecule has 0 spiro atoms. The van der Waals surface area contributed by atoms with Gasteiger partial charge in [0.25, 0.3) is 0 Å². The quantitative estimate of drug-likeness (QED) is 0.763. The van der Waals surface area contributed by atoms with E-state index in [2.05, 4.69) is 10.6 Å². The molecule has 0 aliphatic rings. The Labute approximate surface area is 158 Å². The lowest BCUT2D eigenvalue weighted by molar-refractivity contribution is 0.252. The number of anilines is 1. The van der Waals surface area contributed by atoms with Crippen molar-refractivity contribution in [3.63, 3.8) is 0 Å². The first-order valence-corrected chi connectivity index (χ1v) is 8.46. The predicted molar refractivity (Wildman–Crippen MR) is 103 cm³/mol. The topological polar surface area (TPSA) is 68.8 Å². The number of nitrogens with one attached hydrogen (secondary N) is 2. The molecule has 6 nitrogen and oxygen atoms in total. The van der Waals surface area contributed by atoms with E-state index in [0.29, 0.717) is 40.9 Å². The third-order valence-corrected chi connectivity index (χ3v) is 4.26. The van der Waals surface area contributed by atoms with Crippen LogP contribution in [0.5, 0.6) is 17.2 Å². The lowest BCUT2D eigenvalue weighted by atomic mass is 10.1. The molecule has 0 saturated heterocycles. The van der Waals surface area contributed by atoms with Crippen LogP contribution in [0.2, 0.25) is 5.02 Å². The monoisotopic (exact) mass is 378 g/mol. The highest BCUT2D eigenvalue weighted by molar-refractivity contribution is 6.31. The van der Waals surface area contributed by atoms with E-state index in [1.807, 2.05) is 25.1 Å². The van der Waals surface area contributed by atoms with Gasteiger partial charge < -0.3 is 24.8 Å². The highest BCUT2D eigenvalue weighted by Gasteiger charge is 2.13. The summed E-state index contributed by atoms with van der Waals surface area (Å²) in [7, 11) is 4.70. The Kier molecular flexibility index (Phi) is 6.97. The van der Waals surface area contributed by atoms with Crippen LogP contribution in [0.1, 0.15) is 11.1 Å². The summed E-state index contributed by atoms with van der Waals surface area (Å²) in [6, 6.07) is 8.81. The second-order valence-electron chi connectivity index (χ2n) is 5.63. The fourth-order valence-corrected chi connectivity index (χ4v) is 2.63. The number of hydrogen-bond donors (Lipinski definition) is 2. The molecule has 2 rings (SSSR count). The third kappa shape index (κ3) is 4.95. The molecule has 0 saturated carbocycles. The molecule has 0 bridgehead atoms. The first-order chi connectivity index (χ1) is 12.5. The van der Waals surface area contributed by atoms with Crippen molar-refractivity contribution in [1.82, 2.24) is 5.32 Å². The zero-order valence-corrected chi connectivity index (χ0v) is 16.1. The van der Waals surface area contributed by atoms with Gasteiger partial charge in [0.05, 0.1) is 21.3 Å². The van der Waals surface area contributed by atoms with Crippen molar-refractivity contribution < 1.29 is 19.0 Å². The van der Waals surface area contributed by atoms with Gasteiger partial charge in [-0.1, -0.05) is 17.7 Å². The molecule has 2 aromatic carbocycles. The number of amides is 2. The number of hydrogen-bond acceptors (Lipinski definition) is 4. The maximum atomic E-state index is 12.0. The lowest BCUT2D eigenvalue weighted by Gasteiger charge is -2.14. The zero-order chi connectivity index (χ0) is 19.1. The summed E-state index contributed by atoms with van der Waals surface area (Å²) < 4.78 is 16.0. The summed E-state index contributed by atoms with van der Waals surface area (Å²) in [5, 5.41) is 6.18. The number of rotatable bonds is 7. The summed E-state index contributed by atoms with van der Waals surface area (Å²) in [4.78, 5) is 12.0.